The summed E-state index contributed by atoms with van der Waals surface area (Å²) in [5.41, 5.74) is -0.185. The molecule has 5 atom stereocenters. The fraction of sp³-hybridized carbons (Fsp3) is 0.552. The van der Waals surface area contributed by atoms with Crippen molar-refractivity contribution in [2.45, 2.75) is 65.5 Å². The Balaban J connectivity index is 1.57. The molecule has 1 aliphatic carbocycles. The van der Waals surface area contributed by atoms with E-state index in [4.69, 9.17) is 4.74 Å². The highest BCUT2D eigenvalue weighted by Gasteiger charge is 2.70. The van der Waals surface area contributed by atoms with Crippen LogP contribution >= 0.6 is 0 Å². The molecular weight excluding hydrogens is 553 g/mol. The van der Waals surface area contributed by atoms with Gasteiger partial charge in [-0.2, -0.15) is 23.5 Å². The molecule has 10 nitrogen and oxygen atoms in total. The Hall–Kier alpha value is -4.08. The zero-order valence-electron chi connectivity index (χ0n) is 24.3. The number of benzene rings is 1. The molecule has 0 radical (unpaired) electrons. The van der Waals surface area contributed by atoms with Crippen LogP contribution in [0.25, 0.3) is 0 Å². The van der Waals surface area contributed by atoms with Gasteiger partial charge >= 0.3 is 12.1 Å². The molecule has 42 heavy (non-hydrogen) atoms. The van der Waals surface area contributed by atoms with Crippen molar-refractivity contribution in [2.75, 3.05) is 6.54 Å². The number of nitriles is 1. The second kappa shape index (κ2) is 11.0. The number of aromatic nitrogens is 2. The van der Waals surface area contributed by atoms with Gasteiger partial charge in [-0.05, 0) is 28.2 Å². The summed E-state index contributed by atoms with van der Waals surface area (Å²) in [5, 5.41) is 18.7. The fourth-order valence-electron chi connectivity index (χ4n) is 5.79. The topological polar surface area (TPSA) is 129 Å². The number of hydrogen-bond donors (Lipinski definition) is 2. The number of halogens is 3. The smallest absolute Gasteiger partial charge is 0.471 e. The number of carbonyl (C=O) groups excluding carboxylic acids is 3. The lowest BCUT2D eigenvalue weighted by molar-refractivity contribution is -0.176. The summed E-state index contributed by atoms with van der Waals surface area (Å²) in [6.07, 6.45) is -3.77. The van der Waals surface area contributed by atoms with E-state index in [1.165, 1.54) is 36.5 Å². The van der Waals surface area contributed by atoms with Crippen molar-refractivity contribution in [2.24, 2.45) is 29.7 Å². The van der Waals surface area contributed by atoms with Crippen LogP contribution in [0.1, 0.15) is 51.8 Å². The van der Waals surface area contributed by atoms with E-state index < -0.39 is 47.4 Å². The van der Waals surface area contributed by atoms with Crippen LogP contribution in [0, 0.1) is 34.0 Å². The van der Waals surface area contributed by atoms with E-state index in [0.717, 1.165) is 5.56 Å². The van der Waals surface area contributed by atoms with Gasteiger partial charge < -0.3 is 20.3 Å². The summed E-state index contributed by atoms with van der Waals surface area (Å²) in [6, 6.07) is 7.64. The van der Waals surface area contributed by atoms with Crippen LogP contribution in [0.5, 0.6) is 5.88 Å². The van der Waals surface area contributed by atoms with Gasteiger partial charge in [0.05, 0.1) is 17.8 Å². The van der Waals surface area contributed by atoms with Crippen molar-refractivity contribution in [1.82, 2.24) is 25.3 Å². The Labute approximate surface area is 242 Å². The Morgan fingerprint density at radius 2 is 1.81 bits per heavy atom. The first-order valence-electron chi connectivity index (χ1n) is 13.5. The van der Waals surface area contributed by atoms with Crippen LogP contribution < -0.4 is 15.4 Å². The lowest BCUT2D eigenvalue weighted by atomic mass is 9.85. The maximum Gasteiger partial charge on any atom is 0.471 e. The van der Waals surface area contributed by atoms with Crippen molar-refractivity contribution < 1.29 is 32.3 Å². The third-order valence-corrected chi connectivity index (χ3v) is 8.26. The highest BCUT2D eigenvalue weighted by atomic mass is 19.4. The van der Waals surface area contributed by atoms with Gasteiger partial charge in [0.15, 0.2) is 0 Å². The number of carbonyl (C=O) groups is 3. The van der Waals surface area contributed by atoms with Gasteiger partial charge in [0.2, 0.25) is 17.7 Å². The summed E-state index contributed by atoms with van der Waals surface area (Å²) >= 11 is 0. The van der Waals surface area contributed by atoms with Crippen molar-refractivity contribution >= 4 is 17.7 Å². The molecule has 2 N–H and O–H groups in total. The molecule has 2 aromatic rings. The molecule has 4 rings (SSSR count). The van der Waals surface area contributed by atoms with Gasteiger partial charge in [-0.25, -0.2) is 4.68 Å². The minimum absolute atomic E-state index is 0.0696. The number of amides is 3. The number of alkyl halides is 3. The van der Waals surface area contributed by atoms with Gasteiger partial charge in [0.1, 0.15) is 24.7 Å². The summed E-state index contributed by atoms with van der Waals surface area (Å²) in [4.78, 5) is 40.6. The highest BCUT2D eigenvalue weighted by Crippen LogP contribution is 2.65. The number of fused-ring (bicyclic) bond motifs is 1. The number of rotatable bonds is 8. The Bertz CT molecular complexity index is 1390. The summed E-state index contributed by atoms with van der Waals surface area (Å²) in [7, 11) is 1.64. The molecule has 0 bridgehead atoms. The van der Waals surface area contributed by atoms with Gasteiger partial charge in [0.25, 0.3) is 0 Å². The van der Waals surface area contributed by atoms with E-state index >= 15 is 0 Å². The first-order chi connectivity index (χ1) is 19.5. The van der Waals surface area contributed by atoms with E-state index in [0.29, 0.717) is 5.56 Å². The molecule has 3 amide bonds. The first-order valence-corrected chi connectivity index (χ1v) is 13.5. The van der Waals surface area contributed by atoms with E-state index in [-0.39, 0.29) is 36.3 Å². The molecule has 2 aliphatic rings. The molecule has 1 aromatic carbocycles. The lowest BCUT2D eigenvalue weighted by Gasteiger charge is -2.37. The number of piperidine rings is 1. The number of nitrogens with one attached hydrogen (secondary N) is 2. The number of likely N-dealkylation sites (tertiary alicyclic amines) is 1. The number of ether oxygens (including phenoxy) is 1. The van der Waals surface area contributed by atoms with Crippen molar-refractivity contribution in [3.8, 4) is 11.9 Å². The summed E-state index contributed by atoms with van der Waals surface area (Å²) in [5.74, 6) is -3.71. The third kappa shape index (κ3) is 5.93. The van der Waals surface area contributed by atoms with E-state index in [1.54, 1.807) is 7.05 Å². The quantitative estimate of drug-likeness (QED) is 0.487. The minimum Gasteiger partial charge on any atom is -0.473 e. The van der Waals surface area contributed by atoms with E-state index in [2.05, 4.69) is 16.5 Å². The first kappa shape index (κ1) is 30.9. The Kier molecular flexibility index (Phi) is 8.06. The minimum atomic E-state index is -5.18. The van der Waals surface area contributed by atoms with Crippen molar-refractivity contribution in [3.05, 3.63) is 47.7 Å². The molecule has 226 valence electrons. The molecule has 2 heterocycles. The molecule has 2 fully saturated rings. The van der Waals surface area contributed by atoms with Gasteiger partial charge in [-0.3, -0.25) is 14.4 Å². The van der Waals surface area contributed by atoms with Crippen LogP contribution in [-0.4, -0.2) is 57.2 Å². The second-order valence-electron chi connectivity index (χ2n) is 12.5. The normalized spacial score (nSPS) is 22.4. The molecule has 2 unspecified atom stereocenters. The predicted octanol–water partition coefficient (Wildman–Crippen LogP) is 3.26. The molecule has 1 saturated carbocycles. The maximum atomic E-state index is 13.8. The SMILES string of the molecule is Cn1ncc(C(C#N)NC(=O)[C@@H]2[C@@H]3[C@H](CN2C(=O)C(NC(=O)C(F)(F)F)C(C)(C)C)C3(C)C)c1OCc1ccccc1. The molecule has 0 spiro atoms. The number of hydrogen-bond acceptors (Lipinski definition) is 6. The van der Waals surface area contributed by atoms with Crippen molar-refractivity contribution in [3.63, 3.8) is 0 Å². The molecule has 1 aliphatic heterocycles. The largest absolute Gasteiger partial charge is 0.473 e. The van der Waals surface area contributed by atoms with Crippen LogP contribution in [0.15, 0.2) is 36.5 Å². The summed E-state index contributed by atoms with van der Waals surface area (Å²) in [6.45, 7) is 8.84. The molecule has 1 aromatic heterocycles. The standard InChI is InChI=1S/C29H35F3N6O4/c1-27(2,3)22(36-26(41)29(30,31)32)24(40)38-14-18-20(28(18,4)5)21(38)23(39)35-19(12-33)17-13-34-37(6)25(17)42-15-16-10-8-7-9-11-16/h7-11,13,18-22H,14-15H2,1-6H3,(H,35,39)(H,36,41)/t18-,19?,20-,21-,22?/m0/s1. The highest BCUT2D eigenvalue weighted by molar-refractivity contribution is 5.95. The van der Waals surface area contributed by atoms with Crippen LogP contribution in [0.4, 0.5) is 13.2 Å². The van der Waals surface area contributed by atoms with Gasteiger partial charge in [-0.1, -0.05) is 65.0 Å². The average molecular weight is 589 g/mol. The van der Waals surface area contributed by atoms with Crippen LogP contribution in [0.2, 0.25) is 0 Å². The molecular formula is C29H35F3N6O4. The Morgan fingerprint density at radius 3 is 2.38 bits per heavy atom. The second-order valence-corrected chi connectivity index (χ2v) is 12.5. The maximum absolute atomic E-state index is 13.8. The number of nitrogens with zero attached hydrogens (tertiary/aromatic N) is 4. The number of aryl methyl sites for hydroxylation is 1. The van der Waals surface area contributed by atoms with Crippen LogP contribution in [0.3, 0.4) is 0 Å². The van der Waals surface area contributed by atoms with E-state index in [1.807, 2.05) is 49.5 Å². The van der Waals surface area contributed by atoms with Gasteiger partial charge in [0, 0.05) is 13.6 Å². The zero-order valence-corrected chi connectivity index (χ0v) is 24.3. The zero-order chi connectivity index (χ0) is 31.2. The van der Waals surface area contributed by atoms with Gasteiger partial charge in [-0.15, -0.1) is 0 Å². The predicted molar refractivity (Wildman–Crippen MR) is 144 cm³/mol. The monoisotopic (exact) mass is 588 g/mol. The average Bonchev–Trinajstić information content (AvgIpc) is 3.23. The van der Waals surface area contributed by atoms with Crippen LogP contribution in [-0.2, 0) is 28.0 Å². The lowest BCUT2D eigenvalue weighted by Crippen LogP contribution is -2.60. The fourth-order valence-corrected chi connectivity index (χ4v) is 5.79. The van der Waals surface area contributed by atoms with E-state index in [9.17, 15) is 32.8 Å². The molecule has 1 saturated heterocycles. The van der Waals surface area contributed by atoms with Crippen molar-refractivity contribution in [1.29, 1.82) is 5.26 Å². The Morgan fingerprint density at radius 1 is 1.17 bits per heavy atom. The third-order valence-electron chi connectivity index (χ3n) is 8.26. The molecule has 13 heteroatoms. The summed E-state index contributed by atoms with van der Waals surface area (Å²) < 4.78 is 46.7.